The molecule has 3 aromatic rings. The van der Waals surface area contributed by atoms with Crippen molar-refractivity contribution in [3.05, 3.63) is 93.5 Å². The van der Waals surface area contributed by atoms with Crippen molar-refractivity contribution in [2.24, 2.45) is 0 Å². The summed E-state index contributed by atoms with van der Waals surface area (Å²) in [5.41, 5.74) is 4.81. The summed E-state index contributed by atoms with van der Waals surface area (Å²) in [7, 11) is 0. The number of carbonyl (C=O) groups is 3. The number of alkyl halides is 1. The lowest BCUT2D eigenvalue weighted by molar-refractivity contribution is -0.134. The van der Waals surface area contributed by atoms with E-state index in [0.717, 1.165) is 11.1 Å². The minimum absolute atomic E-state index is 0.142. The topological polar surface area (TPSA) is 107 Å². The lowest BCUT2D eigenvalue weighted by Crippen LogP contribution is -2.32. The van der Waals surface area contributed by atoms with Crippen molar-refractivity contribution in [1.29, 1.82) is 0 Å². The Bertz CT molecular complexity index is 1310. The third-order valence-electron chi connectivity index (χ3n) is 5.96. The number of rotatable bonds is 4. The minimum atomic E-state index is -0.980. The van der Waals surface area contributed by atoms with Gasteiger partial charge in [0.05, 0.1) is 6.10 Å². The highest BCUT2D eigenvalue weighted by molar-refractivity contribution is 6.30. The molecule has 1 aliphatic rings. The summed E-state index contributed by atoms with van der Waals surface area (Å²) >= 11 is 10.9. The van der Waals surface area contributed by atoms with Crippen LogP contribution < -0.4 is 10.2 Å². The Morgan fingerprint density at radius 2 is 1.70 bits per heavy atom. The van der Waals surface area contributed by atoms with Gasteiger partial charge in [-0.2, -0.15) is 0 Å². The number of carboxylic acids is 1. The van der Waals surface area contributed by atoms with Crippen molar-refractivity contribution in [3.8, 4) is 0 Å². The number of carbonyl (C=O) groups excluding carboxylic acids is 2. The highest BCUT2D eigenvalue weighted by atomic mass is 35.5. The van der Waals surface area contributed by atoms with Gasteiger partial charge < -0.3 is 20.4 Å². The van der Waals surface area contributed by atoms with Gasteiger partial charge in [-0.1, -0.05) is 29.8 Å². The summed E-state index contributed by atoms with van der Waals surface area (Å²) in [4.78, 5) is 37.0. The number of benzene rings is 3. The second-order valence-electron chi connectivity index (χ2n) is 8.64. The fraction of sp³-hybridized carbons (Fsp3) is 0.250. The number of aryl methyl sites for hydroxylation is 2. The van der Waals surface area contributed by atoms with Crippen LogP contribution >= 0.6 is 23.2 Å². The number of aliphatic hydroxyl groups excluding tert-OH is 1. The first-order chi connectivity index (χ1) is 17.6. The smallest absolute Gasteiger partial charge is 0.318 e. The van der Waals surface area contributed by atoms with Crippen LogP contribution in [0.4, 0.5) is 11.4 Å². The number of aliphatic hydroxyl groups is 1. The average Bonchev–Trinajstić information content (AvgIpc) is 3.02. The van der Waals surface area contributed by atoms with E-state index in [-0.39, 0.29) is 17.7 Å². The van der Waals surface area contributed by atoms with E-state index in [1.807, 2.05) is 32.0 Å². The number of fused-ring (bicyclic) bond motifs is 1. The summed E-state index contributed by atoms with van der Waals surface area (Å²) in [5.74, 6) is -1.61. The summed E-state index contributed by atoms with van der Waals surface area (Å²) in [5, 5.41) is 21.5. The second-order valence-corrected chi connectivity index (χ2v) is 9.35. The molecule has 0 fully saturated rings. The number of hydrogen-bond donors (Lipinski definition) is 3. The lowest BCUT2D eigenvalue weighted by atomic mass is 10.0. The van der Waals surface area contributed by atoms with Crippen LogP contribution in [-0.2, 0) is 4.79 Å². The molecule has 3 aromatic carbocycles. The Kier molecular flexibility index (Phi) is 9.69. The molecule has 0 aromatic heterocycles. The van der Waals surface area contributed by atoms with Crippen LogP contribution in [0.2, 0.25) is 5.02 Å². The number of carboxylic acid groups (broad SMARTS) is 1. The van der Waals surface area contributed by atoms with Gasteiger partial charge in [-0.3, -0.25) is 14.4 Å². The molecular formula is C28H28Cl2N2O5. The fourth-order valence-corrected chi connectivity index (χ4v) is 4.30. The molecule has 1 heterocycles. The molecule has 4 rings (SSSR count). The van der Waals surface area contributed by atoms with E-state index in [0.29, 0.717) is 52.5 Å². The summed E-state index contributed by atoms with van der Waals surface area (Å²) < 4.78 is 0. The molecule has 7 nitrogen and oxygen atoms in total. The van der Waals surface area contributed by atoms with Crippen molar-refractivity contribution >= 4 is 52.4 Å². The maximum atomic E-state index is 13.5. The lowest BCUT2D eigenvalue weighted by Gasteiger charge is -2.24. The van der Waals surface area contributed by atoms with E-state index in [4.69, 9.17) is 28.3 Å². The number of aliphatic carboxylic acids is 1. The standard InChI is InChI=1S/C26H25ClN2O3.C2H3ClO2/c1-16-6-3-4-7-20(16)25(31)28-19-10-11-21(17(2)14-19)26(32)29-13-5-8-24(30)22-15-18(27)9-12-23(22)29;3-1-2(4)5/h3-4,6-7,9-12,14-15,24,30H,5,8,13H2,1-2H3,(H,28,31);1H2,(H,4,5). The molecule has 1 aliphatic heterocycles. The number of amides is 2. The highest BCUT2D eigenvalue weighted by Crippen LogP contribution is 2.36. The van der Waals surface area contributed by atoms with Crippen molar-refractivity contribution < 1.29 is 24.6 Å². The van der Waals surface area contributed by atoms with E-state index in [1.54, 1.807) is 47.4 Å². The molecule has 9 heteroatoms. The Morgan fingerprint density at radius 3 is 2.35 bits per heavy atom. The average molecular weight is 543 g/mol. The van der Waals surface area contributed by atoms with Gasteiger partial charge >= 0.3 is 5.97 Å². The SMILES string of the molecule is Cc1ccccc1C(=O)Nc1ccc(C(=O)N2CCCC(O)c3cc(Cl)ccc32)c(C)c1.O=C(O)CCl. The Morgan fingerprint density at radius 1 is 1.00 bits per heavy atom. The van der Waals surface area contributed by atoms with Crippen molar-refractivity contribution in [2.75, 3.05) is 22.6 Å². The predicted molar refractivity (Wildman–Crippen MR) is 146 cm³/mol. The summed E-state index contributed by atoms with van der Waals surface area (Å²) in [6, 6.07) is 17.9. The van der Waals surface area contributed by atoms with Crippen LogP contribution in [0.1, 0.15) is 56.4 Å². The monoisotopic (exact) mass is 542 g/mol. The van der Waals surface area contributed by atoms with Crippen molar-refractivity contribution in [3.63, 3.8) is 0 Å². The molecule has 1 unspecified atom stereocenters. The van der Waals surface area contributed by atoms with E-state index in [9.17, 15) is 19.5 Å². The molecule has 0 saturated heterocycles. The van der Waals surface area contributed by atoms with Gasteiger partial charge in [0.2, 0.25) is 0 Å². The molecule has 37 heavy (non-hydrogen) atoms. The van der Waals surface area contributed by atoms with Crippen LogP contribution in [0.3, 0.4) is 0 Å². The van der Waals surface area contributed by atoms with Gasteiger partial charge in [0.25, 0.3) is 11.8 Å². The highest BCUT2D eigenvalue weighted by Gasteiger charge is 2.27. The molecule has 3 N–H and O–H groups in total. The molecule has 0 saturated carbocycles. The van der Waals surface area contributed by atoms with E-state index >= 15 is 0 Å². The van der Waals surface area contributed by atoms with Gasteiger partial charge in [-0.15, -0.1) is 11.6 Å². The third kappa shape index (κ3) is 7.10. The number of halogens is 2. The summed E-state index contributed by atoms with van der Waals surface area (Å²) in [6.45, 7) is 4.26. The van der Waals surface area contributed by atoms with Crippen molar-refractivity contribution in [2.45, 2.75) is 32.8 Å². The summed E-state index contributed by atoms with van der Waals surface area (Å²) in [6.07, 6.45) is 0.602. The van der Waals surface area contributed by atoms with Gasteiger partial charge in [-0.25, -0.2) is 0 Å². The predicted octanol–water partition coefficient (Wildman–Crippen LogP) is 5.99. The van der Waals surface area contributed by atoms with E-state index < -0.39 is 12.1 Å². The zero-order valence-electron chi connectivity index (χ0n) is 20.5. The first-order valence-electron chi connectivity index (χ1n) is 11.7. The Balaban J connectivity index is 0.000000695. The maximum absolute atomic E-state index is 13.5. The Labute approximate surface area is 225 Å². The normalized spacial score (nSPS) is 14.5. The van der Waals surface area contributed by atoms with Crippen LogP contribution in [-0.4, -0.2) is 40.4 Å². The second kappa shape index (κ2) is 12.7. The third-order valence-corrected chi connectivity index (χ3v) is 6.43. The van der Waals surface area contributed by atoms with Crippen LogP contribution in [0.25, 0.3) is 0 Å². The molecule has 1 atom stereocenters. The van der Waals surface area contributed by atoms with E-state index in [1.165, 1.54) is 0 Å². The van der Waals surface area contributed by atoms with Crippen LogP contribution in [0.15, 0.2) is 60.7 Å². The van der Waals surface area contributed by atoms with E-state index in [2.05, 4.69) is 5.32 Å². The molecular weight excluding hydrogens is 515 g/mol. The zero-order valence-corrected chi connectivity index (χ0v) is 22.0. The number of nitrogens with zero attached hydrogens (tertiary/aromatic N) is 1. The van der Waals surface area contributed by atoms with Gasteiger partial charge in [0.1, 0.15) is 5.88 Å². The molecule has 194 valence electrons. The van der Waals surface area contributed by atoms with Gasteiger partial charge in [0.15, 0.2) is 0 Å². The number of anilines is 2. The maximum Gasteiger partial charge on any atom is 0.318 e. The molecule has 0 radical (unpaired) electrons. The van der Waals surface area contributed by atoms with Crippen molar-refractivity contribution in [1.82, 2.24) is 0 Å². The van der Waals surface area contributed by atoms with Gasteiger partial charge in [-0.05, 0) is 80.3 Å². The Hall–Kier alpha value is -3.39. The number of nitrogens with one attached hydrogen (secondary N) is 1. The number of hydrogen-bond acceptors (Lipinski definition) is 4. The van der Waals surface area contributed by atoms with Crippen LogP contribution in [0.5, 0.6) is 0 Å². The molecule has 0 spiro atoms. The quantitative estimate of drug-likeness (QED) is 0.351. The first-order valence-corrected chi connectivity index (χ1v) is 12.6. The molecule has 0 bridgehead atoms. The molecule has 0 aliphatic carbocycles. The molecule has 2 amide bonds. The first kappa shape index (κ1) is 28.2. The minimum Gasteiger partial charge on any atom is -0.480 e. The largest absolute Gasteiger partial charge is 0.480 e. The van der Waals surface area contributed by atoms with Gasteiger partial charge in [0, 0.05) is 39.6 Å². The fourth-order valence-electron chi connectivity index (χ4n) is 4.12. The zero-order chi connectivity index (χ0) is 27.1. The van der Waals surface area contributed by atoms with Crippen LogP contribution in [0, 0.1) is 13.8 Å².